The van der Waals surface area contributed by atoms with Crippen LogP contribution in [-0.2, 0) is 5.41 Å². The molecule has 1 aromatic rings. The van der Waals surface area contributed by atoms with Gasteiger partial charge in [0, 0.05) is 0 Å². The molecule has 3 heteroatoms. The van der Waals surface area contributed by atoms with E-state index in [1.807, 2.05) is 0 Å². The van der Waals surface area contributed by atoms with Gasteiger partial charge in [-0.2, -0.15) is 0 Å². The van der Waals surface area contributed by atoms with Crippen LogP contribution in [0.3, 0.4) is 0 Å². The Morgan fingerprint density at radius 2 is 1.50 bits per heavy atom. The molecule has 0 fully saturated rings. The van der Waals surface area contributed by atoms with E-state index in [-0.39, 0.29) is 5.41 Å². The summed E-state index contributed by atoms with van der Waals surface area (Å²) < 4.78 is 0.916. The molecular formula is C17H22Br2Si. The Balaban J connectivity index is 3.19. The Morgan fingerprint density at radius 3 is 1.85 bits per heavy atom. The summed E-state index contributed by atoms with van der Waals surface area (Å²) in [6.07, 6.45) is 0. The fourth-order valence-corrected chi connectivity index (χ4v) is 2.77. The highest BCUT2D eigenvalue weighted by molar-refractivity contribution is 9.28. The third-order valence-corrected chi connectivity index (χ3v) is 4.46. The van der Waals surface area contributed by atoms with E-state index in [0.717, 1.165) is 14.5 Å². The number of halogens is 2. The SMILES string of the molecule is CC(C)(C)c1ccc(C(C#C[Si](C)(C)C)=C(Br)Br)cc1. The van der Waals surface area contributed by atoms with Gasteiger partial charge in [-0.3, -0.25) is 0 Å². The van der Waals surface area contributed by atoms with Gasteiger partial charge in [-0.05, 0) is 48.4 Å². The molecule has 0 N–H and O–H groups in total. The number of benzene rings is 1. The van der Waals surface area contributed by atoms with Gasteiger partial charge in [0.1, 0.15) is 8.07 Å². The van der Waals surface area contributed by atoms with Gasteiger partial charge in [-0.1, -0.05) is 70.6 Å². The third kappa shape index (κ3) is 5.59. The highest BCUT2D eigenvalue weighted by Crippen LogP contribution is 2.29. The van der Waals surface area contributed by atoms with Gasteiger partial charge in [0.25, 0.3) is 0 Å². The lowest BCUT2D eigenvalue weighted by Crippen LogP contribution is -2.16. The van der Waals surface area contributed by atoms with Crippen molar-refractivity contribution in [1.29, 1.82) is 0 Å². The molecule has 0 amide bonds. The largest absolute Gasteiger partial charge is 0.129 e. The molecule has 0 radical (unpaired) electrons. The van der Waals surface area contributed by atoms with E-state index >= 15 is 0 Å². The van der Waals surface area contributed by atoms with Crippen molar-refractivity contribution in [3.8, 4) is 11.5 Å². The summed E-state index contributed by atoms with van der Waals surface area (Å²) in [5.41, 5.74) is 7.10. The first-order valence-electron chi connectivity index (χ1n) is 6.70. The summed E-state index contributed by atoms with van der Waals surface area (Å²) in [5.74, 6) is 3.33. The predicted molar refractivity (Wildman–Crippen MR) is 101 cm³/mol. The van der Waals surface area contributed by atoms with Gasteiger partial charge in [-0.25, -0.2) is 0 Å². The van der Waals surface area contributed by atoms with E-state index in [2.05, 4.69) is 108 Å². The second-order valence-corrected chi connectivity index (χ2v) is 14.4. The lowest BCUT2D eigenvalue weighted by atomic mass is 9.86. The van der Waals surface area contributed by atoms with Crippen molar-refractivity contribution >= 4 is 45.5 Å². The van der Waals surface area contributed by atoms with E-state index in [1.165, 1.54) is 5.56 Å². The zero-order valence-corrected chi connectivity index (χ0v) is 17.2. The van der Waals surface area contributed by atoms with E-state index in [4.69, 9.17) is 0 Å². The summed E-state index contributed by atoms with van der Waals surface area (Å²) >= 11 is 7.03. The molecule has 0 bridgehead atoms. The number of hydrogen-bond donors (Lipinski definition) is 0. The van der Waals surface area contributed by atoms with Gasteiger partial charge in [-0.15, -0.1) is 5.54 Å². The first-order valence-corrected chi connectivity index (χ1v) is 11.8. The van der Waals surface area contributed by atoms with Crippen LogP contribution in [0.1, 0.15) is 31.9 Å². The van der Waals surface area contributed by atoms with Crippen LogP contribution in [0.25, 0.3) is 5.57 Å². The molecule has 0 aliphatic carbocycles. The number of allylic oxidation sites excluding steroid dienone is 1. The second kappa shape index (κ2) is 6.64. The van der Waals surface area contributed by atoms with Crippen molar-refractivity contribution in [2.24, 2.45) is 0 Å². The zero-order chi connectivity index (χ0) is 15.6. The first-order chi connectivity index (χ1) is 9.00. The third-order valence-electron chi connectivity index (χ3n) is 2.79. The Kier molecular flexibility index (Phi) is 5.89. The van der Waals surface area contributed by atoms with Crippen molar-refractivity contribution in [3.05, 3.63) is 38.8 Å². The van der Waals surface area contributed by atoms with Gasteiger partial charge >= 0.3 is 0 Å². The molecular weight excluding hydrogens is 392 g/mol. The topological polar surface area (TPSA) is 0 Å². The van der Waals surface area contributed by atoms with E-state index < -0.39 is 8.07 Å². The molecule has 20 heavy (non-hydrogen) atoms. The van der Waals surface area contributed by atoms with Crippen LogP contribution in [0.15, 0.2) is 27.7 Å². The second-order valence-electron chi connectivity index (χ2n) is 6.96. The summed E-state index contributed by atoms with van der Waals surface area (Å²) in [6, 6.07) is 8.68. The average molecular weight is 414 g/mol. The number of rotatable bonds is 1. The van der Waals surface area contributed by atoms with Gasteiger partial charge < -0.3 is 0 Å². The Bertz CT molecular complexity index is 554. The standard InChI is InChI=1S/C17H22Br2Si/c1-17(2,3)14-9-7-13(8-10-14)15(16(18)19)11-12-20(4,5)6/h7-10H,1-6H3. The average Bonchev–Trinajstić information content (AvgIpc) is 2.26. The van der Waals surface area contributed by atoms with Crippen LogP contribution in [0.2, 0.25) is 19.6 Å². The molecule has 1 aromatic carbocycles. The van der Waals surface area contributed by atoms with E-state index in [9.17, 15) is 0 Å². The van der Waals surface area contributed by atoms with Gasteiger partial charge in [0.15, 0.2) is 0 Å². The first kappa shape index (κ1) is 17.7. The van der Waals surface area contributed by atoms with Crippen LogP contribution >= 0.6 is 31.9 Å². The van der Waals surface area contributed by atoms with Crippen molar-refractivity contribution in [2.75, 3.05) is 0 Å². The van der Waals surface area contributed by atoms with E-state index in [0.29, 0.717) is 0 Å². The van der Waals surface area contributed by atoms with Crippen molar-refractivity contribution in [2.45, 2.75) is 45.8 Å². The van der Waals surface area contributed by atoms with Crippen molar-refractivity contribution in [3.63, 3.8) is 0 Å². The smallest absolute Gasteiger partial charge is 0.127 e. The van der Waals surface area contributed by atoms with Gasteiger partial charge in [0.2, 0.25) is 0 Å². The molecule has 0 aliphatic rings. The molecule has 0 nitrogen and oxygen atoms in total. The minimum Gasteiger partial charge on any atom is -0.127 e. The van der Waals surface area contributed by atoms with Crippen LogP contribution in [0.4, 0.5) is 0 Å². The lowest BCUT2D eigenvalue weighted by molar-refractivity contribution is 0.590. The molecule has 0 unspecified atom stereocenters. The van der Waals surface area contributed by atoms with Crippen molar-refractivity contribution in [1.82, 2.24) is 0 Å². The van der Waals surface area contributed by atoms with Crippen LogP contribution in [0, 0.1) is 11.5 Å². The Labute approximate surface area is 141 Å². The fourth-order valence-electron chi connectivity index (χ4n) is 1.62. The summed E-state index contributed by atoms with van der Waals surface area (Å²) in [4.78, 5) is 0. The van der Waals surface area contributed by atoms with Gasteiger partial charge in [0.05, 0.1) is 8.96 Å². The molecule has 0 aromatic heterocycles. The summed E-state index contributed by atoms with van der Waals surface area (Å²) in [5, 5.41) is 0. The molecule has 0 saturated carbocycles. The lowest BCUT2D eigenvalue weighted by Gasteiger charge is -2.19. The molecule has 0 atom stereocenters. The molecule has 1 rings (SSSR count). The fraction of sp³-hybridized carbons (Fsp3) is 0.412. The molecule has 0 aliphatic heterocycles. The maximum Gasteiger partial charge on any atom is 0.129 e. The van der Waals surface area contributed by atoms with Crippen LogP contribution in [0.5, 0.6) is 0 Å². The molecule has 0 spiro atoms. The maximum atomic E-state index is 3.51. The maximum absolute atomic E-state index is 3.51. The van der Waals surface area contributed by atoms with Crippen LogP contribution < -0.4 is 0 Å². The zero-order valence-electron chi connectivity index (χ0n) is 13.1. The highest BCUT2D eigenvalue weighted by Gasteiger charge is 2.14. The molecule has 108 valence electrons. The van der Waals surface area contributed by atoms with E-state index in [1.54, 1.807) is 0 Å². The summed E-state index contributed by atoms with van der Waals surface area (Å²) in [6.45, 7) is 13.4. The minimum absolute atomic E-state index is 0.179. The highest BCUT2D eigenvalue weighted by atomic mass is 79.9. The minimum atomic E-state index is -1.38. The number of hydrogen-bond acceptors (Lipinski definition) is 0. The Hall–Kier alpha value is -0.303. The normalized spacial score (nSPS) is 11.6. The molecule has 0 heterocycles. The summed E-state index contributed by atoms with van der Waals surface area (Å²) in [7, 11) is -1.38. The quantitative estimate of drug-likeness (QED) is 0.373. The Morgan fingerprint density at radius 1 is 1.00 bits per heavy atom. The monoisotopic (exact) mass is 412 g/mol. The van der Waals surface area contributed by atoms with Crippen LogP contribution in [-0.4, -0.2) is 8.07 Å². The predicted octanol–water partition coefficient (Wildman–Crippen LogP) is 6.32. The van der Waals surface area contributed by atoms with Crippen molar-refractivity contribution < 1.29 is 0 Å². The molecule has 0 saturated heterocycles.